The third-order valence-corrected chi connectivity index (χ3v) is 7.61. The van der Waals surface area contributed by atoms with Crippen LogP contribution in [0.4, 0.5) is 0 Å². The largest absolute Gasteiger partial charge is 0.456 e. The van der Waals surface area contributed by atoms with Crippen molar-refractivity contribution in [2.45, 2.75) is 25.3 Å². The minimum atomic E-state index is -3.41. The lowest BCUT2D eigenvalue weighted by atomic mass is 9.97. The van der Waals surface area contributed by atoms with E-state index in [0.717, 1.165) is 22.2 Å². The zero-order valence-corrected chi connectivity index (χ0v) is 21.1. The highest BCUT2D eigenvalue weighted by Gasteiger charge is 2.17. The second kappa shape index (κ2) is 9.94. The predicted octanol–water partition coefficient (Wildman–Crippen LogP) is 5.40. The quantitative estimate of drug-likeness (QED) is 0.277. The van der Waals surface area contributed by atoms with E-state index in [1.165, 1.54) is 12.3 Å². The van der Waals surface area contributed by atoms with E-state index in [2.05, 4.69) is 15.0 Å². The lowest BCUT2D eigenvalue weighted by Gasteiger charge is -2.11. The van der Waals surface area contributed by atoms with Crippen molar-refractivity contribution in [3.05, 3.63) is 95.8 Å². The number of hydrogen-bond acceptors (Lipinski definition) is 7. The van der Waals surface area contributed by atoms with Crippen LogP contribution in [0.5, 0.6) is 11.5 Å². The third-order valence-electron chi connectivity index (χ3n) is 5.97. The summed E-state index contributed by atoms with van der Waals surface area (Å²) in [6.07, 6.45) is 3.56. The first-order valence-corrected chi connectivity index (χ1v) is 13.4. The minimum absolute atomic E-state index is 0.00732. The molecule has 0 saturated carbocycles. The average molecular weight is 513 g/mol. The van der Waals surface area contributed by atoms with E-state index >= 15 is 0 Å². The van der Waals surface area contributed by atoms with Crippen LogP contribution in [0.2, 0.25) is 0 Å². The molecule has 3 heterocycles. The molecule has 37 heavy (non-hydrogen) atoms. The first kappa shape index (κ1) is 24.3. The Hall–Kier alpha value is -4.37. The molecule has 3 aromatic heterocycles. The molecular weight excluding hydrogens is 488 g/mol. The van der Waals surface area contributed by atoms with Crippen LogP contribution in [0.15, 0.2) is 84.1 Å². The Morgan fingerprint density at radius 2 is 1.76 bits per heavy atom. The maximum absolute atomic E-state index is 12.2. The second-order valence-electron chi connectivity index (χ2n) is 8.51. The van der Waals surface area contributed by atoms with Gasteiger partial charge in [0.2, 0.25) is 0 Å². The normalized spacial score (nSPS) is 11.5. The molecule has 0 bridgehead atoms. The Labute approximate surface area is 214 Å². The number of carbonyl (C=O) groups excluding carboxylic acids is 1. The molecule has 0 aliphatic carbocycles. The molecule has 0 fully saturated rings. The summed E-state index contributed by atoms with van der Waals surface area (Å²) >= 11 is 0. The highest BCUT2D eigenvalue weighted by Crippen LogP contribution is 2.31. The summed E-state index contributed by atoms with van der Waals surface area (Å²) < 4.78 is 30.2. The molecule has 0 saturated heterocycles. The number of aromatic nitrogens is 4. The highest BCUT2D eigenvalue weighted by molar-refractivity contribution is 7.91. The van der Waals surface area contributed by atoms with Gasteiger partial charge < -0.3 is 9.72 Å². The summed E-state index contributed by atoms with van der Waals surface area (Å²) in [5.74, 6) is 1.49. The van der Waals surface area contributed by atoms with E-state index in [9.17, 15) is 13.2 Å². The van der Waals surface area contributed by atoms with Gasteiger partial charge in [0.05, 0.1) is 23.0 Å². The number of aromatic amines is 1. The molecule has 5 aromatic rings. The van der Waals surface area contributed by atoms with Crippen molar-refractivity contribution >= 4 is 26.7 Å². The Morgan fingerprint density at radius 3 is 2.46 bits per heavy atom. The van der Waals surface area contributed by atoms with Gasteiger partial charge in [0, 0.05) is 24.2 Å². The molecule has 8 nitrogen and oxygen atoms in total. The maximum atomic E-state index is 12.2. The number of H-pyrrole nitrogens is 1. The number of nitrogens with one attached hydrogen (secondary N) is 1. The van der Waals surface area contributed by atoms with Crippen LogP contribution in [-0.4, -0.2) is 39.9 Å². The van der Waals surface area contributed by atoms with E-state index in [-0.39, 0.29) is 16.6 Å². The number of rotatable bonds is 8. The van der Waals surface area contributed by atoms with Crippen molar-refractivity contribution in [3.63, 3.8) is 0 Å². The SMILES string of the molecule is CCS(=O)(=O)c1ccc(Oc2cc(Cc3ccccc3C(C)=O)c3nc(-c4ccccn4)[nH]c3c2)cn1. The maximum Gasteiger partial charge on any atom is 0.195 e. The zero-order chi connectivity index (χ0) is 26.0. The van der Waals surface area contributed by atoms with Crippen LogP contribution >= 0.6 is 0 Å². The minimum Gasteiger partial charge on any atom is -0.456 e. The molecule has 0 aliphatic heterocycles. The summed E-state index contributed by atoms with van der Waals surface area (Å²) in [5.41, 5.74) is 4.58. The lowest BCUT2D eigenvalue weighted by Crippen LogP contribution is -2.05. The van der Waals surface area contributed by atoms with Crippen molar-refractivity contribution in [2.75, 3.05) is 5.75 Å². The van der Waals surface area contributed by atoms with Crippen LogP contribution in [0.3, 0.4) is 0 Å². The topological polar surface area (TPSA) is 115 Å². The molecule has 0 spiro atoms. The van der Waals surface area contributed by atoms with E-state index < -0.39 is 9.84 Å². The first-order valence-electron chi connectivity index (χ1n) is 11.7. The Balaban J connectivity index is 1.57. The van der Waals surface area contributed by atoms with Crippen molar-refractivity contribution in [1.82, 2.24) is 19.9 Å². The average Bonchev–Trinajstić information content (AvgIpc) is 3.34. The summed E-state index contributed by atoms with van der Waals surface area (Å²) in [6.45, 7) is 3.13. The van der Waals surface area contributed by atoms with E-state index in [1.807, 2.05) is 54.6 Å². The fourth-order valence-electron chi connectivity index (χ4n) is 4.10. The number of imidazole rings is 1. The number of hydrogen-bond donors (Lipinski definition) is 1. The number of pyridine rings is 2. The third kappa shape index (κ3) is 5.12. The van der Waals surface area contributed by atoms with Gasteiger partial charge >= 0.3 is 0 Å². The van der Waals surface area contributed by atoms with Gasteiger partial charge in [-0.1, -0.05) is 37.3 Å². The van der Waals surface area contributed by atoms with Crippen LogP contribution < -0.4 is 4.74 Å². The smallest absolute Gasteiger partial charge is 0.195 e. The zero-order valence-electron chi connectivity index (χ0n) is 20.3. The van der Waals surface area contributed by atoms with Crippen molar-refractivity contribution in [2.24, 2.45) is 0 Å². The summed E-state index contributed by atoms with van der Waals surface area (Å²) in [5, 5.41) is 0.00732. The fraction of sp³-hybridized carbons (Fsp3) is 0.143. The molecule has 0 unspecified atom stereocenters. The molecule has 0 amide bonds. The Morgan fingerprint density at radius 1 is 0.946 bits per heavy atom. The van der Waals surface area contributed by atoms with Crippen molar-refractivity contribution in [1.29, 1.82) is 0 Å². The van der Waals surface area contributed by atoms with Crippen molar-refractivity contribution in [3.8, 4) is 23.0 Å². The summed E-state index contributed by atoms with van der Waals surface area (Å²) in [4.78, 5) is 28.8. The van der Waals surface area contributed by atoms with E-state index in [0.29, 0.717) is 35.0 Å². The Bertz CT molecular complexity index is 1700. The predicted molar refractivity (Wildman–Crippen MR) is 141 cm³/mol. The molecule has 9 heteroatoms. The van der Waals surface area contributed by atoms with Gasteiger partial charge in [-0.3, -0.25) is 9.78 Å². The molecule has 5 rings (SSSR count). The molecule has 0 aliphatic rings. The number of nitrogens with zero attached hydrogens (tertiary/aromatic N) is 3. The summed E-state index contributed by atoms with van der Waals surface area (Å²) in [7, 11) is -3.41. The monoisotopic (exact) mass is 512 g/mol. The van der Waals surface area contributed by atoms with Gasteiger partial charge in [0.1, 0.15) is 17.2 Å². The number of benzene rings is 2. The van der Waals surface area contributed by atoms with Gasteiger partial charge in [-0.2, -0.15) is 0 Å². The molecular formula is C28H24N4O4S. The van der Waals surface area contributed by atoms with Gasteiger partial charge in [0.15, 0.2) is 26.5 Å². The second-order valence-corrected chi connectivity index (χ2v) is 10.7. The standard InChI is InChI=1S/C28H24N4O4S/c1-3-37(34,35)26-12-11-21(17-30-26)36-22-15-20(14-19-8-4-5-9-23(19)18(2)33)27-25(16-22)31-28(32-27)24-10-6-7-13-29-24/h4-13,15-17H,3,14H2,1-2H3,(H,31,32). The number of ketones is 1. The van der Waals surface area contributed by atoms with Crippen LogP contribution in [-0.2, 0) is 16.3 Å². The molecule has 0 atom stereocenters. The first-order chi connectivity index (χ1) is 17.8. The van der Waals surface area contributed by atoms with Gasteiger partial charge in [-0.25, -0.2) is 18.4 Å². The molecule has 2 aromatic carbocycles. The Kier molecular flexibility index (Phi) is 6.54. The highest BCUT2D eigenvalue weighted by atomic mass is 32.2. The molecule has 0 radical (unpaired) electrons. The number of ether oxygens (including phenoxy) is 1. The number of Topliss-reactive ketones (excluding diaryl/α,β-unsaturated/α-hetero) is 1. The number of fused-ring (bicyclic) bond motifs is 1. The fourth-order valence-corrected chi connectivity index (χ4v) is 4.88. The number of carbonyl (C=O) groups is 1. The number of sulfone groups is 1. The molecule has 1 N–H and O–H groups in total. The van der Waals surface area contributed by atoms with Gasteiger partial charge in [0.25, 0.3) is 0 Å². The van der Waals surface area contributed by atoms with E-state index in [4.69, 9.17) is 9.72 Å². The van der Waals surface area contributed by atoms with Crippen molar-refractivity contribution < 1.29 is 17.9 Å². The lowest BCUT2D eigenvalue weighted by molar-refractivity contribution is 0.101. The van der Waals surface area contributed by atoms with Gasteiger partial charge in [-0.05, 0) is 48.4 Å². The van der Waals surface area contributed by atoms with Gasteiger partial charge in [-0.15, -0.1) is 0 Å². The molecule has 186 valence electrons. The van der Waals surface area contributed by atoms with Crippen LogP contribution in [0.1, 0.15) is 35.3 Å². The van der Waals surface area contributed by atoms with E-state index in [1.54, 1.807) is 26.1 Å². The van der Waals surface area contributed by atoms with Crippen LogP contribution in [0, 0.1) is 0 Å². The summed E-state index contributed by atoms with van der Waals surface area (Å²) in [6, 6.07) is 19.8. The van der Waals surface area contributed by atoms with Crippen LogP contribution in [0.25, 0.3) is 22.6 Å².